The first kappa shape index (κ1) is 11.1. The van der Waals surface area contributed by atoms with Crippen LogP contribution in [0.25, 0.3) is 17.0 Å². The lowest BCUT2D eigenvalue weighted by molar-refractivity contribution is 0.0686. The molecule has 0 radical (unpaired) electrons. The first-order valence-corrected chi connectivity index (χ1v) is 5.40. The molecule has 2 heterocycles. The summed E-state index contributed by atoms with van der Waals surface area (Å²) in [5, 5.41) is 16.4. The highest BCUT2D eigenvalue weighted by Crippen LogP contribution is 2.26. The fourth-order valence-corrected chi connectivity index (χ4v) is 1.72. The minimum atomic E-state index is -1.13. The van der Waals surface area contributed by atoms with Crippen LogP contribution in [0.15, 0.2) is 47.5 Å². The van der Waals surface area contributed by atoms with Crippen molar-refractivity contribution >= 4 is 5.97 Å². The fourth-order valence-electron chi connectivity index (χ4n) is 1.72. The zero-order valence-electron chi connectivity index (χ0n) is 9.59. The van der Waals surface area contributed by atoms with E-state index in [2.05, 4.69) is 15.2 Å². The second-order valence-corrected chi connectivity index (χ2v) is 3.74. The molecule has 3 rings (SSSR count). The number of aromatic nitrogens is 4. The van der Waals surface area contributed by atoms with Crippen molar-refractivity contribution in [2.75, 3.05) is 0 Å². The van der Waals surface area contributed by atoms with E-state index in [9.17, 15) is 4.79 Å². The van der Waals surface area contributed by atoms with Crippen LogP contribution in [0.3, 0.4) is 0 Å². The number of hydrogen-bond acceptors (Lipinski definition) is 5. The van der Waals surface area contributed by atoms with Crippen LogP contribution in [0.1, 0.15) is 10.5 Å². The van der Waals surface area contributed by atoms with Gasteiger partial charge in [-0.2, -0.15) is 5.10 Å². The maximum absolute atomic E-state index is 10.8. The van der Waals surface area contributed by atoms with Gasteiger partial charge in [0, 0.05) is 11.6 Å². The monoisotopic (exact) mass is 256 g/mol. The summed E-state index contributed by atoms with van der Waals surface area (Å²) >= 11 is 0. The lowest BCUT2D eigenvalue weighted by Crippen LogP contribution is -1.97. The number of para-hydroxylation sites is 1. The fraction of sp³-hybridized carbons (Fsp3) is 0. The van der Waals surface area contributed by atoms with E-state index in [1.165, 1.54) is 12.4 Å². The van der Waals surface area contributed by atoms with Gasteiger partial charge in [0.2, 0.25) is 0 Å². The number of benzene rings is 1. The van der Waals surface area contributed by atoms with Crippen LogP contribution >= 0.6 is 0 Å². The Kier molecular flexibility index (Phi) is 2.57. The Morgan fingerprint density at radius 1 is 1.32 bits per heavy atom. The minimum Gasteiger partial charge on any atom is -0.476 e. The Morgan fingerprint density at radius 2 is 2.16 bits per heavy atom. The van der Waals surface area contributed by atoms with Gasteiger partial charge in [-0.15, -0.1) is 0 Å². The number of nitrogens with zero attached hydrogens (tertiary/aromatic N) is 4. The number of carboxylic acids is 1. The molecule has 0 spiro atoms. The second kappa shape index (κ2) is 4.37. The van der Waals surface area contributed by atoms with Crippen LogP contribution in [0, 0.1) is 0 Å². The molecule has 3 aromatic rings. The third-order valence-corrected chi connectivity index (χ3v) is 2.56. The average molecular weight is 256 g/mol. The highest BCUT2D eigenvalue weighted by Gasteiger charge is 2.15. The van der Waals surface area contributed by atoms with Gasteiger partial charge in [-0.3, -0.25) is 0 Å². The third kappa shape index (κ3) is 1.97. The van der Waals surface area contributed by atoms with Crippen molar-refractivity contribution in [3.8, 4) is 17.0 Å². The average Bonchev–Trinajstić information content (AvgIpc) is 3.10. The normalized spacial score (nSPS) is 10.5. The molecule has 2 aromatic heterocycles. The summed E-state index contributed by atoms with van der Waals surface area (Å²) in [5.41, 5.74) is 1.28. The number of hydrogen-bond donors (Lipinski definition) is 1. The zero-order chi connectivity index (χ0) is 13.2. The van der Waals surface area contributed by atoms with Gasteiger partial charge in [0.15, 0.2) is 11.5 Å². The molecule has 1 aromatic carbocycles. The van der Waals surface area contributed by atoms with Gasteiger partial charge in [0.1, 0.15) is 12.7 Å². The van der Waals surface area contributed by atoms with Gasteiger partial charge in [-0.1, -0.05) is 17.3 Å². The van der Waals surface area contributed by atoms with Gasteiger partial charge < -0.3 is 9.63 Å². The molecule has 0 fully saturated rings. The lowest BCUT2D eigenvalue weighted by Gasteiger charge is -2.05. The Labute approximate surface area is 107 Å². The molecule has 1 N–H and O–H groups in total. The van der Waals surface area contributed by atoms with Gasteiger partial charge in [-0.05, 0) is 12.1 Å². The molecule has 0 aliphatic heterocycles. The molecule has 0 amide bonds. The van der Waals surface area contributed by atoms with Crippen molar-refractivity contribution in [3.05, 3.63) is 48.7 Å². The molecule has 7 heteroatoms. The van der Waals surface area contributed by atoms with E-state index in [4.69, 9.17) is 9.63 Å². The van der Waals surface area contributed by atoms with Crippen LogP contribution in [0.2, 0.25) is 0 Å². The predicted octanol–water partition coefficient (Wildman–Crippen LogP) is 1.62. The molecule has 0 aliphatic carbocycles. The van der Waals surface area contributed by atoms with Crippen LogP contribution in [0.4, 0.5) is 0 Å². The number of rotatable bonds is 3. The molecular weight excluding hydrogens is 248 g/mol. The van der Waals surface area contributed by atoms with Crippen molar-refractivity contribution in [2.24, 2.45) is 0 Å². The minimum absolute atomic E-state index is 0.136. The molecule has 0 bridgehead atoms. The van der Waals surface area contributed by atoms with Gasteiger partial charge >= 0.3 is 5.97 Å². The van der Waals surface area contributed by atoms with E-state index < -0.39 is 5.97 Å². The van der Waals surface area contributed by atoms with Crippen molar-refractivity contribution in [3.63, 3.8) is 0 Å². The molecule has 94 valence electrons. The predicted molar refractivity (Wildman–Crippen MR) is 63.8 cm³/mol. The van der Waals surface area contributed by atoms with Crippen molar-refractivity contribution < 1.29 is 14.4 Å². The molecule has 19 heavy (non-hydrogen) atoms. The summed E-state index contributed by atoms with van der Waals surface area (Å²) in [4.78, 5) is 14.7. The van der Waals surface area contributed by atoms with Crippen molar-refractivity contribution in [2.45, 2.75) is 0 Å². The standard InChI is InChI=1S/C12H8N4O3/c17-12(18)9-5-11(19-15-9)8-3-1-2-4-10(8)16-7-13-6-14-16/h1-7H,(H,17,18). The van der Waals surface area contributed by atoms with E-state index in [1.807, 2.05) is 18.2 Å². The Morgan fingerprint density at radius 3 is 2.84 bits per heavy atom. The highest BCUT2D eigenvalue weighted by molar-refractivity contribution is 5.86. The topological polar surface area (TPSA) is 94.0 Å². The maximum atomic E-state index is 10.8. The van der Waals surface area contributed by atoms with E-state index in [0.29, 0.717) is 11.3 Å². The summed E-state index contributed by atoms with van der Waals surface area (Å²) < 4.78 is 6.63. The largest absolute Gasteiger partial charge is 0.476 e. The van der Waals surface area contributed by atoms with Crippen LogP contribution in [-0.4, -0.2) is 31.0 Å². The number of carbonyl (C=O) groups is 1. The molecular formula is C12H8N4O3. The molecule has 0 saturated carbocycles. The van der Waals surface area contributed by atoms with Gasteiger partial charge in [-0.25, -0.2) is 14.5 Å². The van der Waals surface area contributed by atoms with E-state index in [0.717, 1.165) is 5.69 Å². The maximum Gasteiger partial charge on any atom is 0.358 e. The first-order chi connectivity index (χ1) is 9.25. The highest BCUT2D eigenvalue weighted by atomic mass is 16.5. The Balaban J connectivity index is 2.12. The second-order valence-electron chi connectivity index (χ2n) is 3.74. The van der Waals surface area contributed by atoms with Gasteiger partial charge in [0.25, 0.3) is 0 Å². The lowest BCUT2D eigenvalue weighted by atomic mass is 10.1. The SMILES string of the molecule is O=C(O)c1cc(-c2ccccc2-n2cncn2)on1. The zero-order valence-corrected chi connectivity index (χ0v) is 9.59. The van der Waals surface area contributed by atoms with Crippen molar-refractivity contribution in [1.29, 1.82) is 0 Å². The smallest absolute Gasteiger partial charge is 0.358 e. The summed E-state index contributed by atoms with van der Waals surface area (Å²) in [7, 11) is 0. The molecule has 0 saturated heterocycles. The summed E-state index contributed by atoms with van der Waals surface area (Å²) in [6.45, 7) is 0. The van der Waals surface area contributed by atoms with Gasteiger partial charge in [0.05, 0.1) is 5.69 Å². The number of carboxylic acid groups (broad SMARTS) is 1. The summed E-state index contributed by atoms with van der Waals surface area (Å²) in [6, 6.07) is 8.65. The van der Waals surface area contributed by atoms with Crippen LogP contribution < -0.4 is 0 Å². The molecule has 0 unspecified atom stereocenters. The van der Waals surface area contributed by atoms with E-state index in [-0.39, 0.29) is 5.69 Å². The quantitative estimate of drug-likeness (QED) is 0.765. The summed E-state index contributed by atoms with van der Waals surface area (Å²) in [5.74, 6) is -0.767. The Bertz CT molecular complexity index is 718. The van der Waals surface area contributed by atoms with Crippen molar-refractivity contribution in [1.82, 2.24) is 19.9 Å². The van der Waals surface area contributed by atoms with Crippen LogP contribution in [-0.2, 0) is 0 Å². The summed E-state index contributed by atoms with van der Waals surface area (Å²) in [6.07, 6.45) is 2.97. The Hall–Kier alpha value is -2.96. The molecule has 0 aliphatic rings. The molecule has 0 atom stereocenters. The first-order valence-electron chi connectivity index (χ1n) is 5.40. The van der Waals surface area contributed by atoms with E-state index in [1.54, 1.807) is 17.1 Å². The number of aromatic carboxylic acids is 1. The molecule has 7 nitrogen and oxygen atoms in total. The third-order valence-electron chi connectivity index (χ3n) is 2.56. The van der Waals surface area contributed by atoms with Crippen LogP contribution in [0.5, 0.6) is 0 Å². The van der Waals surface area contributed by atoms with E-state index >= 15 is 0 Å².